The van der Waals surface area contributed by atoms with Crippen LogP contribution in [-0.4, -0.2) is 42.2 Å². The van der Waals surface area contributed by atoms with E-state index < -0.39 is 0 Å². The molecule has 4 rings (SSSR count). The van der Waals surface area contributed by atoms with Crippen molar-refractivity contribution in [3.63, 3.8) is 0 Å². The minimum absolute atomic E-state index is 0.273. The number of oxazole rings is 1. The molecular formula is C25H29ClFN3O3. The third kappa shape index (κ3) is 5.97. The molecule has 8 heteroatoms. The Morgan fingerprint density at radius 1 is 1.09 bits per heavy atom. The molecule has 1 aliphatic rings. The smallest absolute Gasteiger partial charge is 0.295 e. The Kier molecular flexibility index (Phi) is 7.73. The summed E-state index contributed by atoms with van der Waals surface area (Å²) in [4.78, 5) is 6.74. The van der Waals surface area contributed by atoms with E-state index in [2.05, 4.69) is 15.2 Å². The number of hydrogen-bond acceptors (Lipinski definition) is 6. The summed E-state index contributed by atoms with van der Waals surface area (Å²) in [7, 11) is 0. The van der Waals surface area contributed by atoms with E-state index in [-0.39, 0.29) is 11.9 Å². The first-order chi connectivity index (χ1) is 16.1. The van der Waals surface area contributed by atoms with Crippen molar-refractivity contribution in [2.45, 2.75) is 39.3 Å². The lowest BCUT2D eigenvalue weighted by molar-refractivity contribution is 0.209. The van der Waals surface area contributed by atoms with Crippen molar-refractivity contribution in [1.82, 2.24) is 9.88 Å². The molecule has 1 N–H and O–H groups in total. The normalized spacial score (nSPS) is 14.9. The van der Waals surface area contributed by atoms with Crippen molar-refractivity contribution in [1.29, 1.82) is 0 Å². The lowest BCUT2D eigenvalue weighted by Crippen LogP contribution is -2.38. The van der Waals surface area contributed by atoms with E-state index in [1.54, 1.807) is 18.3 Å². The van der Waals surface area contributed by atoms with Gasteiger partial charge in [-0.1, -0.05) is 11.6 Å². The summed E-state index contributed by atoms with van der Waals surface area (Å²) in [6, 6.07) is 11.0. The second-order valence-corrected chi connectivity index (χ2v) is 8.38. The van der Waals surface area contributed by atoms with Gasteiger partial charge in [-0.25, -0.2) is 9.37 Å². The van der Waals surface area contributed by atoms with Gasteiger partial charge in [0.1, 0.15) is 22.3 Å². The second kappa shape index (κ2) is 10.9. The van der Waals surface area contributed by atoms with Crippen molar-refractivity contribution in [3.8, 4) is 22.8 Å². The predicted molar refractivity (Wildman–Crippen MR) is 128 cm³/mol. The molecule has 0 amide bonds. The molecule has 2 aromatic carbocycles. The van der Waals surface area contributed by atoms with Gasteiger partial charge in [0.2, 0.25) is 0 Å². The van der Waals surface area contributed by atoms with Crippen LogP contribution in [0.2, 0.25) is 5.02 Å². The summed E-state index contributed by atoms with van der Waals surface area (Å²) in [5.41, 5.74) is 1.92. The molecule has 1 aliphatic heterocycles. The molecule has 6 nitrogen and oxygen atoms in total. The summed E-state index contributed by atoms with van der Waals surface area (Å²) in [5.74, 6) is 1.67. The van der Waals surface area contributed by atoms with E-state index >= 15 is 0 Å². The fourth-order valence-corrected chi connectivity index (χ4v) is 4.21. The largest absolute Gasteiger partial charge is 0.492 e. The van der Waals surface area contributed by atoms with Crippen LogP contribution in [0.4, 0.5) is 10.4 Å². The van der Waals surface area contributed by atoms with Crippen LogP contribution in [0.25, 0.3) is 11.3 Å². The summed E-state index contributed by atoms with van der Waals surface area (Å²) in [6.07, 6.45) is 3.61. The van der Waals surface area contributed by atoms with E-state index in [0.29, 0.717) is 41.5 Å². The molecule has 33 heavy (non-hydrogen) atoms. The number of halogens is 2. The molecule has 176 valence electrons. The molecule has 0 unspecified atom stereocenters. The van der Waals surface area contributed by atoms with Crippen molar-refractivity contribution >= 4 is 17.6 Å². The van der Waals surface area contributed by atoms with Crippen LogP contribution >= 0.6 is 11.6 Å². The second-order valence-electron chi connectivity index (χ2n) is 8.00. The zero-order valence-electron chi connectivity index (χ0n) is 18.9. The number of aromatic nitrogens is 1. The highest BCUT2D eigenvalue weighted by Crippen LogP contribution is 2.36. The lowest BCUT2D eigenvalue weighted by atomic mass is 10.0. The van der Waals surface area contributed by atoms with E-state index in [4.69, 9.17) is 25.5 Å². The highest BCUT2D eigenvalue weighted by Gasteiger charge is 2.22. The van der Waals surface area contributed by atoms with E-state index in [9.17, 15) is 4.39 Å². The predicted octanol–water partition coefficient (Wildman–Crippen LogP) is 6.01. The maximum Gasteiger partial charge on any atom is 0.295 e. The van der Waals surface area contributed by atoms with Crippen LogP contribution in [0.1, 0.15) is 32.3 Å². The van der Waals surface area contributed by atoms with Crippen molar-refractivity contribution in [2.24, 2.45) is 0 Å². The number of hydrogen-bond donors (Lipinski definition) is 1. The van der Waals surface area contributed by atoms with E-state index in [1.807, 2.05) is 26.0 Å². The molecule has 0 aliphatic carbocycles. The number of piperidine rings is 1. The van der Waals surface area contributed by atoms with Gasteiger partial charge in [-0.05, 0) is 68.7 Å². The van der Waals surface area contributed by atoms with Gasteiger partial charge in [-0.2, -0.15) is 0 Å². The van der Waals surface area contributed by atoms with Gasteiger partial charge in [0, 0.05) is 31.2 Å². The topological polar surface area (TPSA) is 59.8 Å². The standard InChI is InChI=1S/C25H29ClFN3O3/c1-3-31-21-13-17(14-22(24(21)26)32-4-2)16-30-11-9-20(10-12-30)29-25-28-15-23(33-25)18-5-7-19(27)8-6-18/h5-8,13-15,20H,3-4,9-12,16H2,1-2H3,(H,28,29). The molecule has 0 saturated carbocycles. The number of nitrogens with zero attached hydrogens (tertiary/aromatic N) is 2. The van der Waals surface area contributed by atoms with Gasteiger partial charge >= 0.3 is 0 Å². The van der Waals surface area contributed by atoms with Gasteiger partial charge in [-0.3, -0.25) is 4.90 Å². The van der Waals surface area contributed by atoms with Crippen LogP contribution < -0.4 is 14.8 Å². The number of benzene rings is 2. The Hall–Kier alpha value is -2.77. The average molecular weight is 474 g/mol. The Labute approximate surface area is 198 Å². The average Bonchev–Trinajstić information content (AvgIpc) is 3.27. The number of ether oxygens (including phenoxy) is 2. The van der Waals surface area contributed by atoms with Crippen LogP contribution in [0.5, 0.6) is 11.5 Å². The first kappa shape index (κ1) is 23.4. The molecule has 0 radical (unpaired) electrons. The van der Waals surface area contributed by atoms with Gasteiger partial charge in [0.05, 0.1) is 19.4 Å². The van der Waals surface area contributed by atoms with Crippen LogP contribution in [0.3, 0.4) is 0 Å². The molecule has 1 fully saturated rings. The number of rotatable bonds is 9. The van der Waals surface area contributed by atoms with E-state index in [1.165, 1.54) is 12.1 Å². The Bertz CT molecular complexity index is 1020. The van der Waals surface area contributed by atoms with Gasteiger partial charge in [0.15, 0.2) is 5.76 Å². The van der Waals surface area contributed by atoms with Gasteiger partial charge in [0.25, 0.3) is 6.01 Å². The quantitative estimate of drug-likeness (QED) is 0.411. The van der Waals surface area contributed by atoms with Gasteiger partial charge < -0.3 is 19.2 Å². The van der Waals surface area contributed by atoms with Crippen LogP contribution in [-0.2, 0) is 6.54 Å². The lowest BCUT2D eigenvalue weighted by Gasteiger charge is -2.32. The maximum absolute atomic E-state index is 13.1. The SMILES string of the molecule is CCOc1cc(CN2CCC(Nc3ncc(-c4ccc(F)cc4)o3)CC2)cc(OCC)c1Cl. The molecule has 0 spiro atoms. The summed E-state index contributed by atoms with van der Waals surface area (Å²) in [5, 5.41) is 3.91. The maximum atomic E-state index is 13.1. The Morgan fingerprint density at radius 2 is 1.73 bits per heavy atom. The van der Waals surface area contributed by atoms with Gasteiger partial charge in [-0.15, -0.1) is 0 Å². The Balaban J connectivity index is 1.33. The minimum Gasteiger partial charge on any atom is -0.492 e. The molecule has 1 aromatic heterocycles. The highest BCUT2D eigenvalue weighted by atomic mass is 35.5. The number of nitrogens with one attached hydrogen (secondary N) is 1. The molecule has 3 aromatic rings. The van der Waals surface area contributed by atoms with Crippen molar-refractivity contribution < 1.29 is 18.3 Å². The van der Waals surface area contributed by atoms with E-state index in [0.717, 1.165) is 43.6 Å². The molecule has 1 saturated heterocycles. The first-order valence-electron chi connectivity index (χ1n) is 11.3. The Morgan fingerprint density at radius 3 is 2.33 bits per heavy atom. The molecular weight excluding hydrogens is 445 g/mol. The van der Waals surface area contributed by atoms with Crippen LogP contribution in [0.15, 0.2) is 47.0 Å². The third-order valence-electron chi connectivity index (χ3n) is 5.62. The number of anilines is 1. The fourth-order valence-electron chi connectivity index (χ4n) is 4.00. The summed E-state index contributed by atoms with van der Waals surface area (Å²) in [6.45, 7) is 7.68. The monoisotopic (exact) mass is 473 g/mol. The van der Waals surface area contributed by atoms with Crippen LogP contribution in [0, 0.1) is 5.82 Å². The molecule has 2 heterocycles. The zero-order valence-corrected chi connectivity index (χ0v) is 19.7. The van der Waals surface area contributed by atoms with Crippen molar-refractivity contribution in [3.05, 3.63) is 59.0 Å². The minimum atomic E-state index is -0.273. The fraction of sp³-hybridized carbons (Fsp3) is 0.400. The zero-order chi connectivity index (χ0) is 23.2. The molecule has 0 atom stereocenters. The number of likely N-dealkylation sites (tertiary alicyclic amines) is 1. The molecule has 0 bridgehead atoms. The summed E-state index contributed by atoms with van der Waals surface area (Å²) >= 11 is 6.42. The highest BCUT2D eigenvalue weighted by molar-refractivity contribution is 6.33. The van der Waals surface area contributed by atoms with Crippen molar-refractivity contribution in [2.75, 3.05) is 31.6 Å². The third-order valence-corrected chi connectivity index (χ3v) is 5.99. The first-order valence-corrected chi connectivity index (χ1v) is 11.7. The summed E-state index contributed by atoms with van der Waals surface area (Å²) < 4.78 is 30.4.